The first kappa shape index (κ1) is 31.5. The molecule has 2 aromatic carbocycles. The molecule has 1 aromatic heterocycles. The van der Waals surface area contributed by atoms with Gasteiger partial charge in [0.1, 0.15) is 5.82 Å². The summed E-state index contributed by atoms with van der Waals surface area (Å²) in [6, 6.07) is 12.2. The average molecular weight is 589 g/mol. The average Bonchev–Trinajstić information content (AvgIpc) is 3.49. The Labute approximate surface area is 252 Å². The van der Waals surface area contributed by atoms with E-state index in [1.807, 2.05) is 38.1 Å². The van der Waals surface area contributed by atoms with Gasteiger partial charge in [-0.3, -0.25) is 14.4 Å². The number of esters is 1. The first-order valence-corrected chi connectivity index (χ1v) is 15.0. The summed E-state index contributed by atoms with van der Waals surface area (Å²) < 4.78 is 5.31. The number of fused-ring (bicyclic) bond motifs is 1. The van der Waals surface area contributed by atoms with Crippen LogP contribution < -0.4 is 0 Å². The number of benzene rings is 2. The topological polar surface area (TPSA) is 133 Å². The number of nitrogens with zero attached hydrogens (tertiary/aromatic N) is 3. The predicted octanol–water partition coefficient (Wildman–Crippen LogP) is 5.05. The van der Waals surface area contributed by atoms with Crippen molar-refractivity contribution in [2.45, 2.75) is 65.3 Å². The highest BCUT2D eigenvalue weighted by molar-refractivity contribution is 6.04. The minimum Gasteiger partial charge on any atom is -0.478 e. The monoisotopic (exact) mass is 588 g/mol. The molecule has 1 unspecified atom stereocenters. The third-order valence-corrected chi connectivity index (χ3v) is 7.72. The summed E-state index contributed by atoms with van der Waals surface area (Å²) in [5, 5.41) is 9.68. The summed E-state index contributed by atoms with van der Waals surface area (Å²) >= 11 is 0. The summed E-state index contributed by atoms with van der Waals surface area (Å²) in [6.07, 6.45) is 5.53. The lowest BCUT2D eigenvalue weighted by Crippen LogP contribution is -2.40. The Hall–Kier alpha value is -4.47. The molecule has 0 saturated heterocycles. The lowest BCUT2D eigenvalue weighted by atomic mass is 9.97. The van der Waals surface area contributed by atoms with Crippen LogP contribution in [0, 0.1) is 0 Å². The number of amides is 2. The Kier molecular flexibility index (Phi) is 10.7. The summed E-state index contributed by atoms with van der Waals surface area (Å²) in [5.74, 6) is -3.51. The van der Waals surface area contributed by atoms with Crippen molar-refractivity contribution >= 4 is 23.8 Å². The number of imidazole rings is 1. The summed E-state index contributed by atoms with van der Waals surface area (Å²) in [7, 11) is 0. The molecule has 0 aliphatic carbocycles. The molecular formula is C33H40N4O6. The first-order valence-electron chi connectivity index (χ1n) is 15.0. The molecule has 0 fully saturated rings. The maximum atomic E-state index is 13.9. The van der Waals surface area contributed by atoms with Gasteiger partial charge >= 0.3 is 11.9 Å². The van der Waals surface area contributed by atoms with E-state index in [0.717, 1.165) is 31.2 Å². The van der Waals surface area contributed by atoms with Crippen molar-refractivity contribution in [2.75, 3.05) is 26.2 Å². The Balaban J connectivity index is 1.71. The highest BCUT2D eigenvalue weighted by Crippen LogP contribution is 2.29. The molecule has 1 aliphatic rings. The van der Waals surface area contributed by atoms with Gasteiger partial charge in [-0.1, -0.05) is 51.0 Å². The van der Waals surface area contributed by atoms with E-state index >= 15 is 0 Å². The van der Waals surface area contributed by atoms with Crippen LogP contribution in [-0.2, 0) is 27.3 Å². The highest BCUT2D eigenvalue weighted by atomic mass is 16.5. The number of aromatic amines is 1. The molecule has 0 radical (unpaired) electrons. The molecule has 228 valence electrons. The van der Waals surface area contributed by atoms with E-state index in [0.29, 0.717) is 38.2 Å². The van der Waals surface area contributed by atoms with E-state index in [2.05, 4.69) is 9.97 Å². The van der Waals surface area contributed by atoms with Gasteiger partial charge in [0.2, 0.25) is 5.91 Å². The van der Waals surface area contributed by atoms with Crippen LogP contribution in [0.25, 0.3) is 11.4 Å². The van der Waals surface area contributed by atoms with E-state index in [4.69, 9.17) is 4.74 Å². The summed E-state index contributed by atoms with van der Waals surface area (Å²) in [6.45, 7) is 7.83. The standard InChI is InChI=1S/C33H40N4O6/c1-4-7-16-36(17-8-5-2)31(39)28(33(42)43-6-3)27-20-34-29(35-27)25-14-13-23(32(40)41)19-26(25)30(38)37-18-15-22-11-9-10-12-24(22)21-37/h9-14,19-20,28H,4-8,15-18,21H2,1-3H3,(H,34,35)(H,40,41). The first-order chi connectivity index (χ1) is 20.8. The number of H-pyrrole nitrogens is 1. The van der Waals surface area contributed by atoms with Gasteiger partial charge in [-0.25, -0.2) is 9.78 Å². The van der Waals surface area contributed by atoms with Crippen LogP contribution in [0.4, 0.5) is 0 Å². The fourth-order valence-electron chi connectivity index (χ4n) is 5.32. The largest absolute Gasteiger partial charge is 0.478 e. The third kappa shape index (κ3) is 7.31. The molecule has 0 bridgehead atoms. The van der Waals surface area contributed by atoms with Crippen molar-refractivity contribution in [1.82, 2.24) is 19.8 Å². The maximum Gasteiger partial charge on any atom is 0.335 e. The molecular weight excluding hydrogens is 548 g/mol. The second kappa shape index (κ2) is 14.6. The molecule has 1 atom stereocenters. The number of hydrogen-bond donors (Lipinski definition) is 2. The van der Waals surface area contributed by atoms with Crippen LogP contribution in [0.5, 0.6) is 0 Å². The molecule has 2 heterocycles. The second-order valence-electron chi connectivity index (χ2n) is 10.7. The summed E-state index contributed by atoms with van der Waals surface area (Å²) in [5.41, 5.74) is 3.01. The van der Waals surface area contributed by atoms with E-state index in [-0.39, 0.29) is 41.1 Å². The number of hydrogen-bond acceptors (Lipinski definition) is 6. The van der Waals surface area contributed by atoms with Gasteiger partial charge in [0.05, 0.1) is 29.6 Å². The second-order valence-corrected chi connectivity index (χ2v) is 10.7. The number of aromatic carboxylic acids is 1. The van der Waals surface area contributed by atoms with Crippen molar-refractivity contribution < 1.29 is 29.0 Å². The van der Waals surface area contributed by atoms with Crippen molar-refractivity contribution in [3.05, 3.63) is 76.6 Å². The van der Waals surface area contributed by atoms with Crippen LogP contribution >= 0.6 is 0 Å². The van der Waals surface area contributed by atoms with E-state index < -0.39 is 17.9 Å². The van der Waals surface area contributed by atoms with E-state index in [1.54, 1.807) is 16.7 Å². The number of ether oxygens (including phenoxy) is 1. The van der Waals surface area contributed by atoms with Gasteiger partial charge in [0.25, 0.3) is 5.91 Å². The number of carbonyl (C=O) groups excluding carboxylic acids is 3. The Morgan fingerprint density at radius 2 is 1.72 bits per heavy atom. The van der Waals surface area contributed by atoms with Crippen LogP contribution in [0.2, 0.25) is 0 Å². The molecule has 0 spiro atoms. The zero-order valence-corrected chi connectivity index (χ0v) is 25.1. The number of carboxylic acid groups (broad SMARTS) is 1. The quantitative estimate of drug-likeness (QED) is 0.211. The molecule has 10 heteroatoms. The van der Waals surface area contributed by atoms with Crippen molar-refractivity contribution in [3.63, 3.8) is 0 Å². The Morgan fingerprint density at radius 1 is 1.02 bits per heavy atom. The number of carbonyl (C=O) groups is 4. The van der Waals surface area contributed by atoms with Crippen LogP contribution in [-0.4, -0.2) is 74.9 Å². The zero-order chi connectivity index (χ0) is 30.9. The van der Waals surface area contributed by atoms with Gasteiger partial charge in [0, 0.05) is 31.7 Å². The number of nitrogens with one attached hydrogen (secondary N) is 1. The van der Waals surface area contributed by atoms with Crippen molar-refractivity contribution in [3.8, 4) is 11.4 Å². The minimum absolute atomic E-state index is 0.0293. The van der Waals surface area contributed by atoms with Crippen LogP contribution in [0.15, 0.2) is 48.7 Å². The molecule has 43 heavy (non-hydrogen) atoms. The summed E-state index contributed by atoms with van der Waals surface area (Å²) in [4.78, 5) is 63.6. The van der Waals surface area contributed by atoms with Gasteiger partial charge in [-0.15, -0.1) is 0 Å². The normalized spacial score (nSPS) is 13.2. The highest BCUT2D eigenvalue weighted by Gasteiger charge is 2.35. The molecule has 2 amide bonds. The molecule has 0 saturated carbocycles. The Morgan fingerprint density at radius 3 is 2.37 bits per heavy atom. The predicted molar refractivity (Wildman–Crippen MR) is 162 cm³/mol. The smallest absolute Gasteiger partial charge is 0.335 e. The maximum absolute atomic E-state index is 13.9. The molecule has 3 aromatic rings. The fourth-order valence-corrected chi connectivity index (χ4v) is 5.32. The number of rotatable bonds is 13. The van der Waals surface area contributed by atoms with Gasteiger partial charge in [-0.05, 0) is 55.5 Å². The number of carboxylic acids is 1. The van der Waals surface area contributed by atoms with E-state index in [1.165, 1.54) is 30.0 Å². The lowest BCUT2D eigenvalue weighted by molar-refractivity contribution is -0.151. The van der Waals surface area contributed by atoms with Crippen molar-refractivity contribution in [1.29, 1.82) is 0 Å². The van der Waals surface area contributed by atoms with Crippen molar-refractivity contribution in [2.24, 2.45) is 0 Å². The van der Waals surface area contributed by atoms with Gasteiger partial charge < -0.3 is 24.6 Å². The SMILES string of the molecule is CCCCN(CCCC)C(=O)C(C(=O)OCC)c1cnc(-c2ccc(C(=O)O)cc2C(=O)N2CCc3ccccc3C2)[nH]1. The van der Waals surface area contributed by atoms with Crippen LogP contribution in [0.3, 0.4) is 0 Å². The minimum atomic E-state index is -1.24. The van der Waals surface area contributed by atoms with Gasteiger partial charge in [-0.2, -0.15) is 0 Å². The molecule has 1 aliphatic heterocycles. The van der Waals surface area contributed by atoms with Gasteiger partial charge in [0.15, 0.2) is 5.92 Å². The lowest BCUT2D eigenvalue weighted by Gasteiger charge is -2.29. The number of aromatic nitrogens is 2. The molecule has 4 rings (SSSR count). The number of unbranched alkanes of at least 4 members (excludes halogenated alkanes) is 2. The fraction of sp³-hybridized carbons (Fsp3) is 0.424. The molecule has 10 nitrogen and oxygen atoms in total. The zero-order valence-electron chi connectivity index (χ0n) is 25.1. The Bertz CT molecular complexity index is 1460. The third-order valence-electron chi connectivity index (χ3n) is 7.72. The molecule has 2 N–H and O–H groups in total. The van der Waals surface area contributed by atoms with Crippen LogP contribution in [0.1, 0.15) is 89.9 Å². The van der Waals surface area contributed by atoms with E-state index in [9.17, 15) is 24.3 Å².